The summed E-state index contributed by atoms with van der Waals surface area (Å²) in [5, 5.41) is 3.29. The van der Waals surface area contributed by atoms with Gasteiger partial charge in [0.05, 0.1) is 0 Å². The van der Waals surface area contributed by atoms with Crippen molar-refractivity contribution in [3.8, 4) is 5.75 Å². The quantitative estimate of drug-likeness (QED) is 0.844. The predicted octanol–water partition coefficient (Wildman–Crippen LogP) is 4.08. The molecule has 1 aromatic carbocycles. The summed E-state index contributed by atoms with van der Waals surface area (Å²) >= 11 is 0. The van der Waals surface area contributed by atoms with Crippen LogP contribution in [0.4, 0.5) is 13.2 Å². The van der Waals surface area contributed by atoms with Crippen LogP contribution < -0.4 is 10.1 Å². The minimum Gasteiger partial charge on any atom is -0.406 e. The highest BCUT2D eigenvalue weighted by molar-refractivity contribution is 5.30. The van der Waals surface area contributed by atoms with Gasteiger partial charge in [-0.2, -0.15) is 0 Å². The molecule has 0 saturated heterocycles. The zero-order valence-corrected chi connectivity index (χ0v) is 11.4. The van der Waals surface area contributed by atoms with Gasteiger partial charge in [-0.3, -0.25) is 0 Å². The van der Waals surface area contributed by atoms with Crippen molar-refractivity contribution in [1.82, 2.24) is 5.32 Å². The molecule has 5 heteroatoms. The van der Waals surface area contributed by atoms with Crippen molar-refractivity contribution in [1.29, 1.82) is 0 Å². The van der Waals surface area contributed by atoms with E-state index in [2.05, 4.69) is 17.0 Å². The standard InChI is InChI=1S/C14H20F3NO/c1-4-18-11(3)8-10(2)12-6-5-7-13(9-12)19-14(15,16)17/h5-7,9-11,18H,4,8H2,1-3H3. The molecule has 0 heterocycles. The molecule has 0 radical (unpaired) electrons. The monoisotopic (exact) mass is 275 g/mol. The van der Waals surface area contributed by atoms with Crippen molar-refractivity contribution in [2.24, 2.45) is 0 Å². The van der Waals surface area contributed by atoms with Crippen LogP contribution in [0.15, 0.2) is 24.3 Å². The van der Waals surface area contributed by atoms with E-state index in [9.17, 15) is 13.2 Å². The Labute approximate surface area is 112 Å². The van der Waals surface area contributed by atoms with E-state index in [-0.39, 0.29) is 11.7 Å². The van der Waals surface area contributed by atoms with Crippen molar-refractivity contribution < 1.29 is 17.9 Å². The molecule has 2 atom stereocenters. The summed E-state index contributed by atoms with van der Waals surface area (Å²) in [5.74, 6) is 0.0128. The van der Waals surface area contributed by atoms with Crippen LogP contribution in [0.25, 0.3) is 0 Å². The molecule has 0 saturated carbocycles. The van der Waals surface area contributed by atoms with Crippen LogP contribution in [0, 0.1) is 0 Å². The summed E-state index contributed by atoms with van der Waals surface area (Å²) in [6.07, 6.45) is -3.78. The first kappa shape index (κ1) is 15.8. The highest BCUT2D eigenvalue weighted by atomic mass is 19.4. The summed E-state index contributed by atoms with van der Waals surface area (Å²) in [7, 11) is 0. The number of alkyl halides is 3. The lowest BCUT2D eigenvalue weighted by Crippen LogP contribution is -2.26. The van der Waals surface area contributed by atoms with Gasteiger partial charge in [0.25, 0.3) is 0 Å². The number of ether oxygens (including phenoxy) is 1. The molecule has 0 aliphatic heterocycles. The van der Waals surface area contributed by atoms with Crippen molar-refractivity contribution in [2.75, 3.05) is 6.54 Å². The maximum atomic E-state index is 12.2. The van der Waals surface area contributed by atoms with Crippen LogP contribution in [-0.2, 0) is 0 Å². The average molecular weight is 275 g/mol. The van der Waals surface area contributed by atoms with E-state index in [1.165, 1.54) is 12.1 Å². The Balaban J connectivity index is 2.70. The molecule has 108 valence electrons. The van der Waals surface area contributed by atoms with E-state index in [4.69, 9.17) is 0 Å². The molecule has 0 aromatic heterocycles. The van der Waals surface area contributed by atoms with E-state index in [1.807, 2.05) is 19.9 Å². The molecule has 0 aliphatic rings. The third kappa shape index (κ3) is 5.96. The third-order valence-electron chi connectivity index (χ3n) is 2.92. The van der Waals surface area contributed by atoms with Gasteiger partial charge in [0.15, 0.2) is 0 Å². The Kier molecular flexibility index (Phi) is 5.66. The average Bonchev–Trinajstić information content (AvgIpc) is 2.27. The lowest BCUT2D eigenvalue weighted by molar-refractivity contribution is -0.274. The number of rotatable bonds is 6. The Bertz CT molecular complexity index is 393. The highest BCUT2D eigenvalue weighted by Crippen LogP contribution is 2.27. The first-order chi connectivity index (χ1) is 8.81. The second kappa shape index (κ2) is 6.80. The molecule has 19 heavy (non-hydrogen) atoms. The number of nitrogens with one attached hydrogen (secondary N) is 1. The molecule has 2 unspecified atom stereocenters. The fourth-order valence-corrected chi connectivity index (χ4v) is 2.12. The lowest BCUT2D eigenvalue weighted by Gasteiger charge is -2.19. The maximum absolute atomic E-state index is 12.2. The second-order valence-electron chi connectivity index (χ2n) is 4.72. The van der Waals surface area contributed by atoms with E-state index < -0.39 is 6.36 Å². The van der Waals surface area contributed by atoms with Gasteiger partial charge < -0.3 is 10.1 Å². The van der Waals surface area contributed by atoms with Crippen molar-refractivity contribution in [2.45, 2.75) is 45.5 Å². The van der Waals surface area contributed by atoms with Crippen LogP contribution in [0.1, 0.15) is 38.7 Å². The van der Waals surface area contributed by atoms with Crippen LogP contribution >= 0.6 is 0 Å². The topological polar surface area (TPSA) is 21.3 Å². The molecule has 1 rings (SSSR count). The fourth-order valence-electron chi connectivity index (χ4n) is 2.12. The minimum atomic E-state index is -4.64. The van der Waals surface area contributed by atoms with Gasteiger partial charge >= 0.3 is 6.36 Å². The third-order valence-corrected chi connectivity index (χ3v) is 2.92. The molecule has 2 nitrogen and oxygen atoms in total. The van der Waals surface area contributed by atoms with Gasteiger partial charge in [-0.1, -0.05) is 26.0 Å². The molecule has 0 bridgehead atoms. The summed E-state index contributed by atoms with van der Waals surface area (Å²) in [5.41, 5.74) is 0.853. The van der Waals surface area contributed by atoms with E-state index in [0.717, 1.165) is 18.5 Å². The van der Waals surface area contributed by atoms with Crippen LogP contribution in [0.2, 0.25) is 0 Å². The Hall–Kier alpha value is -1.23. The first-order valence-corrected chi connectivity index (χ1v) is 6.41. The highest BCUT2D eigenvalue weighted by Gasteiger charge is 2.31. The summed E-state index contributed by atoms with van der Waals surface area (Å²) in [6, 6.07) is 6.51. The SMILES string of the molecule is CCNC(C)CC(C)c1cccc(OC(F)(F)F)c1. The predicted molar refractivity (Wildman–Crippen MR) is 69.3 cm³/mol. The maximum Gasteiger partial charge on any atom is 0.573 e. The zero-order valence-electron chi connectivity index (χ0n) is 11.4. The van der Waals surface area contributed by atoms with Gasteiger partial charge in [0.2, 0.25) is 0 Å². The summed E-state index contributed by atoms with van der Waals surface area (Å²) in [6.45, 7) is 6.97. The van der Waals surface area contributed by atoms with E-state index in [1.54, 1.807) is 6.07 Å². The normalized spacial score (nSPS) is 15.1. The summed E-state index contributed by atoms with van der Waals surface area (Å²) < 4.78 is 40.4. The van der Waals surface area contributed by atoms with Crippen LogP contribution in [0.3, 0.4) is 0 Å². The Morgan fingerprint density at radius 3 is 2.53 bits per heavy atom. The van der Waals surface area contributed by atoms with Gasteiger partial charge in [0, 0.05) is 6.04 Å². The van der Waals surface area contributed by atoms with Crippen LogP contribution in [-0.4, -0.2) is 18.9 Å². The zero-order chi connectivity index (χ0) is 14.5. The van der Waals surface area contributed by atoms with Crippen LogP contribution in [0.5, 0.6) is 5.75 Å². The fraction of sp³-hybridized carbons (Fsp3) is 0.571. The molecule has 1 aromatic rings. The minimum absolute atomic E-state index is 0.159. The number of hydrogen-bond donors (Lipinski definition) is 1. The van der Waals surface area contributed by atoms with Crippen molar-refractivity contribution in [3.63, 3.8) is 0 Å². The summed E-state index contributed by atoms with van der Waals surface area (Å²) in [4.78, 5) is 0. The second-order valence-corrected chi connectivity index (χ2v) is 4.72. The molecule has 0 spiro atoms. The van der Waals surface area contributed by atoms with E-state index >= 15 is 0 Å². The lowest BCUT2D eigenvalue weighted by atomic mass is 9.94. The van der Waals surface area contributed by atoms with Gasteiger partial charge in [-0.15, -0.1) is 13.2 Å². The molecule has 0 fully saturated rings. The van der Waals surface area contributed by atoms with Crippen molar-refractivity contribution in [3.05, 3.63) is 29.8 Å². The smallest absolute Gasteiger partial charge is 0.406 e. The van der Waals surface area contributed by atoms with Crippen molar-refractivity contribution >= 4 is 0 Å². The molecule has 1 N–H and O–H groups in total. The molecule has 0 aliphatic carbocycles. The van der Waals surface area contributed by atoms with Gasteiger partial charge in [0.1, 0.15) is 5.75 Å². The molecule has 0 amide bonds. The van der Waals surface area contributed by atoms with E-state index in [0.29, 0.717) is 6.04 Å². The Morgan fingerprint density at radius 2 is 1.95 bits per heavy atom. The number of benzene rings is 1. The molecular formula is C14H20F3NO. The number of halogens is 3. The Morgan fingerprint density at radius 1 is 1.26 bits per heavy atom. The number of hydrogen-bond acceptors (Lipinski definition) is 2. The van der Waals surface area contributed by atoms with Gasteiger partial charge in [-0.25, -0.2) is 0 Å². The molecular weight excluding hydrogens is 255 g/mol. The van der Waals surface area contributed by atoms with Gasteiger partial charge in [-0.05, 0) is 43.5 Å². The largest absolute Gasteiger partial charge is 0.573 e. The first-order valence-electron chi connectivity index (χ1n) is 6.41.